The highest BCUT2D eigenvalue weighted by Gasteiger charge is 2.45. The van der Waals surface area contributed by atoms with Gasteiger partial charge in [0.1, 0.15) is 0 Å². The Hall–Kier alpha value is -0.120. The molecule has 3 rings (SSSR count). The normalized spacial score (nSPS) is 38.4. The molecule has 1 saturated carbocycles. The van der Waals surface area contributed by atoms with Crippen LogP contribution in [0.3, 0.4) is 0 Å². The molecule has 122 valence electrons. The third-order valence-corrected chi connectivity index (χ3v) is 5.85. The van der Waals surface area contributed by atoms with Crippen LogP contribution in [0.15, 0.2) is 0 Å². The molecule has 0 aromatic carbocycles. The first-order chi connectivity index (χ1) is 9.97. The first-order valence-electron chi connectivity index (χ1n) is 9.01. The lowest BCUT2D eigenvalue weighted by atomic mass is 9.71. The fraction of sp³-hybridized carbons (Fsp3) is 1.00. The summed E-state index contributed by atoms with van der Waals surface area (Å²) in [7, 11) is 0. The summed E-state index contributed by atoms with van der Waals surface area (Å²) in [5, 5.41) is 0. The van der Waals surface area contributed by atoms with E-state index in [1.54, 1.807) is 0 Å². The van der Waals surface area contributed by atoms with Crippen molar-refractivity contribution in [2.24, 2.45) is 11.3 Å². The van der Waals surface area contributed by atoms with Crippen molar-refractivity contribution >= 4 is 0 Å². The van der Waals surface area contributed by atoms with E-state index in [9.17, 15) is 0 Å². The molecule has 3 aliphatic rings. The number of hydrogen-bond donors (Lipinski definition) is 0. The molecule has 0 aromatic rings. The van der Waals surface area contributed by atoms with Crippen LogP contribution < -0.4 is 0 Å². The van der Waals surface area contributed by atoms with Gasteiger partial charge in [-0.05, 0) is 56.5 Å². The van der Waals surface area contributed by atoms with Gasteiger partial charge in [0.2, 0.25) is 0 Å². The van der Waals surface area contributed by atoms with Gasteiger partial charge < -0.3 is 14.4 Å². The molecule has 2 saturated heterocycles. The Bertz CT molecular complexity index is 336. The summed E-state index contributed by atoms with van der Waals surface area (Å²) >= 11 is 0. The Morgan fingerprint density at radius 1 is 1.10 bits per heavy atom. The molecule has 1 spiro atoms. The van der Waals surface area contributed by atoms with Crippen LogP contribution in [0.4, 0.5) is 0 Å². The molecule has 2 aliphatic heterocycles. The minimum atomic E-state index is -0.225. The van der Waals surface area contributed by atoms with Crippen molar-refractivity contribution in [2.75, 3.05) is 26.2 Å². The molecule has 2 heterocycles. The molecule has 1 unspecified atom stereocenters. The third kappa shape index (κ3) is 3.80. The Labute approximate surface area is 130 Å². The van der Waals surface area contributed by atoms with Crippen molar-refractivity contribution in [3.8, 4) is 0 Å². The van der Waals surface area contributed by atoms with Gasteiger partial charge in [-0.2, -0.15) is 0 Å². The molecule has 3 nitrogen and oxygen atoms in total. The van der Waals surface area contributed by atoms with E-state index in [1.165, 1.54) is 45.3 Å². The monoisotopic (exact) mass is 295 g/mol. The van der Waals surface area contributed by atoms with Crippen LogP contribution in [0.5, 0.6) is 0 Å². The van der Waals surface area contributed by atoms with Gasteiger partial charge in [0.05, 0.1) is 12.7 Å². The first kappa shape index (κ1) is 15.8. The number of ether oxygens (including phenoxy) is 2. The summed E-state index contributed by atoms with van der Waals surface area (Å²) in [6, 6.07) is 0. The van der Waals surface area contributed by atoms with E-state index >= 15 is 0 Å². The maximum Gasteiger partial charge on any atom is 0.168 e. The second kappa shape index (κ2) is 6.17. The third-order valence-electron chi connectivity index (χ3n) is 5.85. The zero-order valence-corrected chi connectivity index (χ0v) is 14.2. The summed E-state index contributed by atoms with van der Waals surface area (Å²) in [5.74, 6) is 0.594. The summed E-state index contributed by atoms with van der Waals surface area (Å²) in [6.45, 7) is 11.7. The summed E-state index contributed by atoms with van der Waals surface area (Å²) in [4.78, 5) is 2.57. The SMILES string of the molecule is CC(C)(C)C1CCC2(CC1)OCC(CCN1CCCC1)O2. The minimum Gasteiger partial charge on any atom is -0.347 e. The van der Waals surface area contributed by atoms with Crippen LogP contribution >= 0.6 is 0 Å². The standard InChI is InChI=1S/C18H33NO2/c1-17(2,3)15-6-9-18(10-7-15)20-14-16(21-18)8-13-19-11-4-5-12-19/h15-16H,4-14H2,1-3H3. The molecule has 0 N–H and O–H groups in total. The minimum absolute atomic E-state index is 0.225. The van der Waals surface area contributed by atoms with Crippen LogP contribution in [-0.4, -0.2) is 43.0 Å². The van der Waals surface area contributed by atoms with Gasteiger partial charge in [-0.25, -0.2) is 0 Å². The van der Waals surface area contributed by atoms with Gasteiger partial charge in [0.25, 0.3) is 0 Å². The molecule has 1 atom stereocenters. The Balaban J connectivity index is 1.44. The highest BCUT2D eigenvalue weighted by atomic mass is 16.7. The summed E-state index contributed by atoms with van der Waals surface area (Å²) in [6.07, 6.45) is 8.91. The van der Waals surface area contributed by atoms with E-state index in [0.717, 1.165) is 31.8 Å². The second-order valence-corrected chi connectivity index (χ2v) is 8.44. The molecule has 1 aliphatic carbocycles. The number of hydrogen-bond acceptors (Lipinski definition) is 3. The molecular weight excluding hydrogens is 262 g/mol. The molecular formula is C18H33NO2. The zero-order chi connectivity index (χ0) is 14.9. The highest BCUT2D eigenvalue weighted by Crippen LogP contribution is 2.45. The average Bonchev–Trinajstić information content (AvgIpc) is 3.06. The van der Waals surface area contributed by atoms with Gasteiger partial charge >= 0.3 is 0 Å². The van der Waals surface area contributed by atoms with Crippen LogP contribution in [0.2, 0.25) is 0 Å². The zero-order valence-electron chi connectivity index (χ0n) is 14.2. The summed E-state index contributed by atoms with van der Waals surface area (Å²) in [5.41, 5.74) is 0.426. The van der Waals surface area contributed by atoms with Crippen molar-refractivity contribution in [3.63, 3.8) is 0 Å². The first-order valence-corrected chi connectivity index (χ1v) is 9.01. The molecule has 0 aromatic heterocycles. The smallest absolute Gasteiger partial charge is 0.168 e. The fourth-order valence-corrected chi connectivity index (χ4v) is 4.28. The van der Waals surface area contributed by atoms with Crippen LogP contribution in [-0.2, 0) is 9.47 Å². The van der Waals surface area contributed by atoms with Gasteiger partial charge in [0, 0.05) is 19.4 Å². The molecule has 0 bridgehead atoms. The molecule has 3 fully saturated rings. The Morgan fingerprint density at radius 2 is 1.76 bits per heavy atom. The average molecular weight is 295 g/mol. The maximum absolute atomic E-state index is 6.36. The lowest BCUT2D eigenvalue weighted by Gasteiger charge is -2.41. The van der Waals surface area contributed by atoms with Crippen molar-refractivity contribution in [3.05, 3.63) is 0 Å². The second-order valence-electron chi connectivity index (χ2n) is 8.44. The topological polar surface area (TPSA) is 21.7 Å². The van der Waals surface area contributed by atoms with Gasteiger partial charge in [-0.1, -0.05) is 20.8 Å². The molecule has 0 radical (unpaired) electrons. The quantitative estimate of drug-likeness (QED) is 0.790. The van der Waals surface area contributed by atoms with E-state index in [1.807, 2.05) is 0 Å². The number of nitrogens with zero attached hydrogens (tertiary/aromatic N) is 1. The number of likely N-dealkylation sites (tertiary alicyclic amines) is 1. The fourth-order valence-electron chi connectivity index (χ4n) is 4.28. The van der Waals surface area contributed by atoms with Crippen LogP contribution in [0.1, 0.15) is 65.7 Å². The predicted molar refractivity (Wildman–Crippen MR) is 85.3 cm³/mol. The van der Waals surface area contributed by atoms with Gasteiger partial charge in [-0.3, -0.25) is 0 Å². The van der Waals surface area contributed by atoms with E-state index in [2.05, 4.69) is 25.7 Å². The van der Waals surface area contributed by atoms with E-state index in [0.29, 0.717) is 11.5 Å². The maximum atomic E-state index is 6.36. The van der Waals surface area contributed by atoms with Gasteiger partial charge in [0.15, 0.2) is 5.79 Å². The summed E-state index contributed by atoms with van der Waals surface area (Å²) < 4.78 is 12.5. The van der Waals surface area contributed by atoms with Gasteiger partial charge in [-0.15, -0.1) is 0 Å². The Kier molecular flexibility index (Phi) is 4.63. The predicted octanol–water partition coefficient (Wildman–Crippen LogP) is 3.82. The van der Waals surface area contributed by atoms with E-state index < -0.39 is 0 Å². The largest absolute Gasteiger partial charge is 0.347 e. The van der Waals surface area contributed by atoms with E-state index in [-0.39, 0.29) is 5.79 Å². The molecule has 3 heteroatoms. The van der Waals surface area contributed by atoms with Crippen molar-refractivity contribution in [2.45, 2.75) is 77.6 Å². The molecule has 21 heavy (non-hydrogen) atoms. The van der Waals surface area contributed by atoms with Crippen LogP contribution in [0.25, 0.3) is 0 Å². The van der Waals surface area contributed by atoms with Crippen LogP contribution in [0, 0.1) is 11.3 Å². The van der Waals surface area contributed by atoms with Crippen molar-refractivity contribution < 1.29 is 9.47 Å². The highest BCUT2D eigenvalue weighted by molar-refractivity contribution is 4.89. The Morgan fingerprint density at radius 3 is 2.38 bits per heavy atom. The number of rotatable bonds is 3. The lowest BCUT2D eigenvalue weighted by molar-refractivity contribution is -0.197. The lowest BCUT2D eigenvalue weighted by Crippen LogP contribution is -2.39. The molecule has 0 amide bonds. The van der Waals surface area contributed by atoms with Crippen molar-refractivity contribution in [1.82, 2.24) is 4.90 Å². The van der Waals surface area contributed by atoms with Crippen molar-refractivity contribution in [1.29, 1.82) is 0 Å². The van der Waals surface area contributed by atoms with E-state index in [4.69, 9.17) is 9.47 Å².